The van der Waals surface area contributed by atoms with Crippen molar-refractivity contribution in [2.45, 2.75) is 38.3 Å². The van der Waals surface area contributed by atoms with Gasteiger partial charge in [0.1, 0.15) is 5.65 Å². The Hall–Kier alpha value is -3.42. The molecule has 8 nitrogen and oxygen atoms in total. The average molecular weight is 375 g/mol. The Balaban J connectivity index is 1.36. The maximum Gasteiger partial charge on any atom is 0.224 e. The molecule has 0 bridgehead atoms. The highest BCUT2D eigenvalue weighted by atomic mass is 16.1. The van der Waals surface area contributed by atoms with Gasteiger partial charge < -0.3 is 15.6 Å². The zero-order valence-electron chi connectivity index (χ0n) is 15.7. The predicted octanol–water partition coefficient (Wildman–Crippen LogP) is 2.74. The maximum absolute atomic E-state index is 11.3. The van der Waals surface area contributed by atoms with Crippen molar-refractivity contribution in [2.75, 3.05) is 5.32 Å². The Morgan fingerprint density at radius 3 is 3.04 bits per heavy atom. The van der Waals surface area contributed by atoms with E-state index in [1.54, 1.807) is 13.1 Å². The number of H-pyrrole nitrogens is 1. The molecule has 28 heavy (non-hydrogen) atoms. The van der Waals surface area contributed by atoms with Crippen LogP contribution < -0.4 is 10.6 Å². The summed E-state index contributed by atoms with van der Waals surface area (Å²) in [6.45, 7) is 3.61. The average Bonchev–Trinajstić information content (AvgIpc) is 3.25. The van der Waals surface area contributed by atoms with E-state index in [1.165, 1.54) is 0 Å². The van der Waals surface area contributed by atoms with Crippen LogP contribution in [-0.4, -0.2) is 42.1 Å². The van der Waals surface area contributed by atoms with Crippen molar-refractivity contribution < 1.29 is 4.79 Å². The molecule has 4 aromatic rings. The van der Waals surface area contributed by atoms with Crippen molar-refractivity contribution in [3.8, 4) is 11.1 Å². The molecule has 142 valence electrons. The van der Waals surface area contributed by atoms with E-state index in [0.717, 1.165) is 40.5 Å². The van der Waals surface area contributed by atoms with Crippen molar-refractivity contribution in [1.82, 2.24) is 29.9 Å². The molecule has 0 aromatic carbocycles. The third-order valence-electron chi connectivity index (χ3n) is 5.35. The third-order valence-corrected chi connectivity index (χ3v) is 5.35. The van der Waals surface area contributed by atoms with E-state index in [9.17, 15) is 4.79 Å². The zero-order valence-corrected chi connectivity index (χ0v) is 15.7. The number of nitrogens with zero attached hydrogens (tertiary/aromatic N) is 4. The molecule has 1 fully saturated rings. The number of carbonyl (C=O) groups is 1. The van der Waals surface area contributed by atoms with Crippen LogP contribution in [0, 0.1) is 0 Å². The molecule has 5 rings (SSSR count). The first kappa shape index (κ1) is 16.7. The van der Waals surface area contributed by atoms with Crippen LogP contribution in [0.5, 0.6) is 0 Å². The Morgan fingerprint density at radius 1 is 1.36 bits per heavy atom. The molecule has 8 heteroatoms. The normalized spacial score (nSPS) is 21.6. The van der Waals surface area contributed by atoms with E-state index in [4.69, 9.17) is 0 Å². The first-order valence-corrected chi connectivity index (χ1v) is 9.32. The summed E-state index contributed by atoms with van der Waals surface area (Å²) in [6, 6.07) is 6.36. The zero-order chi connectivity index (χ0) is 19.3. The second-order valence-electron chi connectivity index (χ2n) is 7.77. The molecule has 0 atom stereocenters. The fraction of sp³-hybridized carbons (Fsp3) is 0.300. The number of rotatable bonds is 4. The summed E-state index contributed by atoms with van der Waals surface area (Å²) < 4.78 is 1.84. The van der Waals surface area contributed by atoms with Crippen LogP contribution >= 0.6 is 0 Å². The van der Waals surface area contributed by atoms with E-state index >= 15 is 0 Å². The number of aromatic nitrogens is 5. The van der Waals surface area contributed by atoms with Crippen molar-refractivity contribution in [3.63, 3.8) is 0 Å². The highest BCUT2D eigenvalue weighted by Gasteiger charge is 2.41. The smallest absolute Gasteiger partial charge is 0.224 e. The van der Waals surface area contributed by atoms with Gasteiger partial charge in [-0.1, -0.05) is 0 Å². The molecule has 0 radical (unpaired) electrons. The quantitative estimate of drug-likeness (QED) is 0.509. The van der Waals surface area contributed by atoms with E-state index in [1.807, 2.05) is 35.2 Å². The minimum atomic E-state index is -0.139. The van der Waals surface area contributed by atoms with Crippen LogP contribution in [0.1, 0.15) is 26.7 Å². The van der Waals surface area contributed by atoms with Crippen molar-refractivity contribution in [3.05, 3.63) is 43.0 Å². The Labute approximate surface area is 161 Å². The van der Waals surface area contributed by atoms with Gasteiger partial charge in [-0.3, -0.25) is 4.79 Å². The molecule has 0 unspecified atom stereocenters. The molecule has 1 amide bonds. The molecule has 1 aliphatic rings. The molecule has 1 aliphatic carbocycles. The van der Waals surface area contributed by atoms with E-state index < -0.39 is 0 Å². The third kappa shape index (κ3) is 2.87. The monoisotopic (exact) mass is 375 g/mol. The number of carbonyl (C=O) groups excluding carboxylic acids is 1. The van der Waals surface area contributed by atoms with Gasteiger partial charge in [0.05, 0.1) is 5.52 Å². The molecule has 3 N–H and O–H groups in total. The van der Waals surface area contributed by atoms with Crippen molar-refractivity contribution in [1.29, 1.82) is 0 Å². The predicted molar refractivity (Wildman–Crippen MR) is 107 cm³/mol. The first-order valence-electron chi connectivity index (χ1n) is 9.32. The van der Waals surface area contributed by atoms with Crippen molar-refractivity contribution in [2.24, 2.45) is 0 Å². The minimum absolute atomic E-state index is 0.00616. The lowest BCUT2D eigenvalue weighted by Gasteiger charge is -2.45. The topological polar surface area (TPSA) is 100 Å². The number of pyridine rings is 1. The number of fused-ring (bicyclic) bond motifs is 2. The van der Waals surface area contributed by atoms with Gasteiger partial charge in [0.25, 0.3) is 0 Å². The van der Waals surface area contributed by atoms with Gasteiger partial charge in [-0.05, 0) is 43.5 Å². The Morgan fingerprint density at radius 2 is 2.21 bits per heavy atom. The van der Waals surface area contributed by atoms with Crippen LogP contribution in [0.25, 0.3) is 27.7 Å². The van der Waals surface area contributed by atoms with Gasteiger partial charge in [0, 0.05) is 54.2 Å². The maximum atomic E-state index is 11.3. The summed E-state index contributed by atoms with van der Waals surface area (Å²) >= 11 is 0. The fourth-order valence-electron chi connectivity index (χ4n) is 4.14. The highest BCUT2D eigenvalue weighted by Crippen LogP contribution is 2.34. The van der Waals surface area contributed by atoms with Crippen LogP contribution in [0.2, 0.25) is 0 Å². The molecule has 4 aromatic heterocycles. The fourth-order valence-corrected chi connectivity index (χ4v) is 4.14. The number of anilines is 1. The lowest BCUT2D eigenvalue weighted by Crippen LogP contribution is -2.59. The summed E-state index contributed by atoms with van der Waals surface area (Å²) in [5, 5.41) is 11.6. The lowest BCUT2D eigenvalue weighted by atomic mass is 9.74. The summed E-state index contributed by atoms with van der Waals surface area (Å²) in [4.78, 5) is 23.6. The van der Waals surface area contributed by atoms with Crippen LogP contribution in [0.15, 0.2) is 43.0 Å². The number of hydrogen-bond acceptors (Lipinski definition) is 5. The van der Waals surface area contributed by atoms with Crippen molar-refractivity contribution >= 4 is 28.4 Å². The molecular weight excluding hydrogens is 354 g/mol. The van der Waals surface area contributed by atoms with Gasteiger partial charge in [0.15, 0.2) is 0 Å². The number of amides is 1. The van der Waals surface area contributed by atoms with Gasteiger partial charge >= 0.3 is 0 Å². The van der Waals surface area contributed by atoms with Gasteiger partial charge in [-0.25, -0.2) is 9.50 Å². The lowest BCUT2D eigenvalue weighted by molar-refractivity contribution is -0.121. The SMILES string of the molecule is CC(=O)N[C@]1(C)C[C@H](Nc2ncc3c(-c4ccn5nccc5c4)c[nH]c3n2)C1. The van der Waals surface area contributed by atoms with Crippen LogP contribution in [-0.2, 0) is 4.79 Å². The standard InChI is InChI=1S/C20H21N7O/c1-12(28)26-20(2)8-14(9-20)24-19-22-11-17-16(10-21-18(17)25-19)13-4-6-27-15(7-13)3-5-23-27/h3-7,10-11,14H,8-9H2,1-2H3,(H,26,28)(H2,21,22,24,25)/t14-,20+. The van der Waals surface area contributed by atoms with E-state index in [2.05, 4.69) is 43.7 Å². The summed E-state index contributed by atoms with van der Waals surface area (Å²) in [6.07, 6.45) is 9.26. The number of nitrogens with one attached hydrogen (secondary N) is 3. The molecule has 0 aliphatic heterocycles. The summed E-state index contributed by atoms with van der Waals surface area (Å²) in [7, 11) is 0. The molecule has 4 heterocycles. The molecule has 1 saturated carbocycles. The van der Waals surface area contributed by atoms with Crippen LogP contribution in [0.3, 0.4) is 0 Å². The highest BCUT2D eigenvalue weighted by molar-refractivity contribution is 5.94. The summed E-state index contributed by atoms with van der Waals surface area (Å²) in [5.74, 6) is 0.605. The largest absolute Gasteiger partial charge is 0.351 e. The van der Waals surface area contributed by atoms with Gasteiger partial charge in [0.2, 0.25) is 11.9 Å². The molecule has 0 spiro atoms. The van der Waals surface area contributed by atoms with E-state index in [0.29, 0.717) is 5.95 Å². The van der Waals surface area contributed by atoms with Gasteiger partial charge in [-0.15, -0.1) is 0 Å². The first-order chi connectivity index (χ1) is 13.5. The number of aromatic amines is 1. The van der Waals surface area contributed by atoms with Gasteiger partial charge in [-0.2, -0.15) is 10.1 Å². The molecule has 0 saturated heterocycles. The van der Waals surface area contributed by atoms with E-state index in [-0.39, 0.29) is 17.5 Å². The number of hydrogen-bond donors (Lipinski definition) is 3. The minimum Gasteiger partial charge on any atom is -0.351 e. The summed E-state index contributed by atoms with van der Waals surface area (Å²) in [5.41, 5.74) is 3.85. The molecular formula is C20H21N7O. The second kappa shape index (κ2) is 6.05. The second-order valence-corrected chi connectivity index (χ2v) is 7.77. The Kier molecular flexibility index (Phi) is 3.61. The Bertz CT molecular complexity index is 1190. The van der Waals surface area contributed by atoms with Crippen LogP contribution in [0.4, 0.5) is 5.95 Å².